The summed E-state index contributed by atoms with van der Waals surface area (Å²) in [5.74, 6) is -0.326. The predicted octanol–water partition coefficient (Wildman–Crippen LogP) is 4.12. The zero-order valence-electron chi connectivity index (χ0n) is 10.4. The molecule has 1 N–H and O–H groups in total. The largest absolute Gasteiger partial charge is 0.385 e. The molecule has 0 aliphatic carbocycles. The van der Waals surface area contributed by atoms with Gasteiger partial charge >= 0.3 is 0 Å². The molecule has 2 rings (SSSR count). The maximum atomic E-state index is 13.8. The van der Waals surface area contributed by atoms with E-state index in [-0.39, 0.29) is 5.82 Å². The maximum absolute atomic E-state index is 13.8. The highest BCUT2D eigenvalue weighted by Gasteiger charge is 2.29. The van der Waals surface area contributed by atoms with Crippen LogP contribution < -0.4 is 0 Å². The van der Waals surface area contributed by atoms with E-state index in [1.165, 1.54) is 10.9 Å². The van der Waals surface area contributed by atoms with Crippen LogP contribution in [0.25, 0.3) is 0 Å². The molecule has 96 valence electrons. The summed E-state index contributed by atoms with van der Waals surface area (Å²) in [6, 6.07) is 10.5. The Morgan fingerprint density at radius 3 is 2.61 bits per heavy atom. The molecule has 1 aromatic heterocycles. The SMILES string of the molecule is CCC(O)(CCc1cccs1)c1ccccc1F. The van der Waals surface area contributed by atoms with Gasteiger partial charge in [-0.15, -0.1) is 11.3 Å². The molecule has 0 amide bonds. The first-order chi connectivity index (χ1) is 8.65. The second-order valence-corrected chi connectivity index (χ2v) is 5.48. The van der Waals surface area contributed by atoms with Crippen molar-refractivity contribution >= 4 is 11.3 Å². The van der Waals surface area contributed by atoms with Crippen molar-refractivity contribution in [3.8, 4) is 0 Å². The zero-order valence-corrected chi connectivity index (χ0v) is 11.2. The van der Waals surface area contributed by atoms with Crippen LogP contribution in [0.5, 0.6) is 0 Å². The fraction of sp³-hybridized carbons (Fsp3) is 0.333. The predicted molar refractivity (Wildman–Crippen MR) is 73.2 cm³/mol. The van der Waals surface area contributed by atoms with Gasteiger partial charge in [0.05, 0.1) is 5.60 Å². The van der Waals surface area contributed by atoms with E-state index in [9.17, 15) is 9.50 Å². The molecule has 0 aliphatic rings. The molecular formula is C15H17FOS. The van der Waals surface area contributed by atoms with Crippen molar-refractivity contribution in [1.29, 1.82) is 0 Å². The minimum atomic E-state index is -1.07. The van der Waals surface area contributed by atoms with E-state index in [1.54, 1.807) is 29.5 Å². The lowest BCUT2D eigenvalue weighted by Gasteiger charge is -2.27. The fourth-order valence-electron chi connectivity index (χ4n) is 2.13. The van der Waals surface area contributed by atoms with Crippen molar-refractivity contribution in [2.45, 2.75) is 31.8 Å². The Morgan fingerprint density at radius 2 is 2.00 bits per heavy atom. The first-order valence-electron chi connectivity index (χ1n) is 6.15. The maximum Gasteiger partial charge on any atom is 0.129 e. The molecule has 3 heteroatoms. The number of halogens is 1. The third kappa shape index (κ3) is 2.79. The Hall–Kier alpha value is -1.19. The van der Waals surface area contributed by atoms with Crippen molar-refractivity contribution in [1.82, 2.24) is 0 Å². The molecule has 1 aromatic carbocycles. The van der Waals surface area contributed by atoms with E-state index in [0.29, 0.717) is 18.4 Å². The smallest absolute Gasteiger partial charge is 0.129 e. The molecule has 0 spiro atoms. The van der Waals surface area contributed by atoms with Crippen LogP contribution in [0.15, 0.2) is 41.8 Å². The van der Waals surface area contributed by atoms with Crippen LogP contribution in [-0.2, 0) is 12.0 Å². The van der Waals surface area contributed by atoms with Gasteiger partial charge < -0.3 is 5.11 Å². The lowest BCUT2D eigenvalue weighted by atomic mass is 9.86. The summed E-state index contributed by atoms with van der Waals surface area (Å²) in [6.45, 7) is 1.89. The summed E-state index contributed by atoms with van der Waals surface area (Å²) >= 11 is 1.67. The summed E-state index contributed by atoms with van der Waals surface area (Å²) in [5, 5.41) is 12.7. The molecule has 0 fully saturated rings. The van der Waals surface area contributed by atoms with Gasteiger partial charge in [0.25, 0.3) is 0 Å². The van der Waals surface area contributed by atoms with Gasteiger partial charge in [-0.1, -0.05) is 31.2 Å². The molecule has 0 radical (unpaired) electrons. The van der Waals surface area contributed by atoms with Crippen LogP contribution in [0.2, 0.25) is 0 Å². The number of benzene rings is 1. The van der Waals surface area contributed by atoms with Crippen molar-refractivity contribution in [2.75, 3.05) is 0 Å². The number of aryl methyl sites for hydroxylation is 1. The zero-order chi connectivity index (χ0) is 13.0. The molecule has 0 saturated carbocycles. The van der Waals surface area contributed by atoms with Crippen molar-refractivity contribution in [3.63, 3.8) is 0 Å². The summed E-state index contributed by atoms with van der Waals surface area (Å²) < 4.78 is 13.8. The van der Waals surface area contributed by atoms with Crippen LogP contribution in [0, 0.1) is 5.82 Å². The minimum absolute atomic E-state index is 0.326. The summed E-state index contributed by atoms with van der Waals surface area (Å²) in [4.78, 5) is 1.22. The molecule has 1 unspecified atom stereocenters. The van der Waals surface area contributed by atoms with Gasteiger partial charge in [-0.05, 0) is 36.8 Å². The Balaban J connectivity index is 2.17. The Kier molecular flexibility index (Phi) is 4.15. The molecule has 2 aromatic rings. The molecule has 0 bridgehead atoms. The lowest BCUT2D eigenvalue weighted by Crippen LogP contribution is -2.26. The standard InChI is InChI=1S/C15H17FOS/c1-2-15(17,10-9-12-6-5-11-18-12)13-7-3-4-8-14(13)16/h3-8,11,17H,2,9-10H2,1H3. The number of rotatable bonds is 5. The average Bonchev–Trinajstić information content (AvgIpc) is 2.90. The highest BCUT2D eigenvalue weighted by Crippen LogP contribution is 2.32. The normalized spacial score (nSPS) is 14.4. The Bertz CT molecular complexity index is 495. The summed E-state index contributed by atoms with van der Waals surface area (Å²) in [5.41, 5.74) is -0.668. The fourth-order valence-corrected chi connectivity index (χ4v) is 2.83. The second kappa shape index (κ2) is 5.63. The van der Waals surface area contributed by atoms with Gasteiger partial charge in [-0.2, -0.15) is 0 Å². The lowest BCUT2D eigenvalue weighted by molar-refractivity contribution is 0.0204. The highest BCUT2D eigenvalue weighted by molar-refractivity contribution is 7.09. The van der Waals surface area contributed by atoms with E-state index in [2.05, 4.69) is 0 Å². The average molecular weight is 264 g/mol. The number of thiophene rings is 1. The van der Waals surface area contributed by atoms with E-state index < -0.39 is 5.60 Å². The molecule has 0 aliphatic heterocycles. The highest BCUT2D eigenvalue weighted by atomic mass is 32.1. The number of hydrogen-bond acceptors (Lipinski definition) is 2. The van der Waals surface area contributed by atoms with Crippen LogP contribution in [0.1, 0.15) is 30.2 Å². The van der Waals surface area contributed by atoms with Gasteiger partial charge in [-0.25, -0.2) is 4.39 Å². The molecule has 1 heterocycles. The van der Waals surface area contributed by atoms with Crippen LogP contribution in [0.3, 0.4) is 0 Å². The second-order valence-electron chi connectivity index (χ2n) is 4.44. The van der Waals surface area contributed by atoms with Gasteiger partial charge in [0, 0.05) is 10.4 Å². The van der Waals surface area contributed by atoms with Gasteiger partial charge in [0.15, 0.2) is 0 Å². The molecule has 18 heavy (non-hydrogen) atoms. The topological polar surface area (TPSA) is 20.2 Å². The summed E-state index contributed by atoms with van der Waals surface area (Å²) in [6.07, 6.45) is 1.83. The monoisotopic (exact) mass is 264 g/mol. The third-order valence-electron chi connectivity index (χ3n) is 3.33. The minimum Gasteiger partial charge on any atom is -0.385 e. The third-order valence-corrected chi connectivity index (χ3v) is 4.26. The molecule has 0 saturated heterocycles. The Labute approximate surface area is 111 Å². The molecular weight excluding hydrogens is 247 g/mol. The molecule has 1 nitrogen and oxygen atoms in total. The van der Waals surface area contributed by atoms with E-state index in [1.807, 2.05) is 24.4 Å². The van der Waals surface area contributed by atoms with E-state index in [4.69, 9.17) is 0 Å². The van der Waals surface area contributed by atoms with Crippen LogP contribution in [-0.4, -0.2) is 5.11 Å². The number of aliphatic hydroxyl groups is 1. The van der Waals surface area contributed by atoms with Gasteiger partial charge in [0.2, 0.25) is 0 Å². The van der Waals surface area contributed by atoms with Crippen molar-refractivity contribution in [2.24, 2.45) is 0 Å². The van der Waals surface area contributed by atoms with Gasteiger partial charge in [0.1, 0.15) is 5.82 Å². The number of hydrogen-bond donors (Lipinski definition) is 1. The molecule has 1 atom stereocenters. The van der Waals surface area contributed by atoms with Gasteiger partial charge in [-0.3, -0.25) is 0 Å². The van der Waals surface area contributed by atoms with Crippen LogP contribution >= 0.6 is 11.3 Å². The Morgan fingerprint density at radius 1 is 1.22 bits per heavy atom. The first-order valence-corrected chi connectivity index (χ1v) is 7.03. The summed E-state index contributed by atoms with van der Waals surface area (Å²) in [7, 11) is 0. The van der Waals surface area contributed by atoms with Crippen molar-refractivity contribution < 1.29 is 9.50 Å². The van der Waals surface area contributed by atoms with E-state index in [0.717, 1.165) is 6.42 Å². The van der Waals surface area contributed by atoms with E-state index >= 15 is 0 Å². The first kappa shape index (κ1) is 13.2. The quantitative estimate of drug-likeness (QED) is 0.861. The van der Waals surface area contributed by atoms with Crippen molar-refractivity contribution in [3.05, 3.63) is 58.0 Å². The van der Waals surface area contributed by atoms with Crippen LogP contribution in [0.4, 0.5) is 4.39 Å².